The normalized spacial score (nSPS) is 10.2. The monoisotopic (exact) mass is 256 g/mol. The van der Waals surface area contributed by atoms with E-state index in [0.29, 0.717) is 5.82 Å². The molecule has 98 valence electrons. The predicted molar refractivity (Wildman–Crippen MR) is 74.9 cm³/mol. The summed E-state index contributed by atoms with van der Waals surface area (Å²) in [6.45, 7) is 2.13. The van der Waals surface area contributed by atoms with Crippen molar-refractivity contribution in [1.29, 1.82) is 0 Å². The first kappa shape index (κ1) is 13.1. The van der Waals surface area contributed by atoms with Crippen LogP contribution in [-0.2, 0) is 6.42 Å². The number of nitrogens with one attached hydrogen (secondary N) is 1. The molecule has 0 aliphatic carbocycles. The fourth-order valence-corrected chi connectivity index (χ4v) is 1.90. The van der Waals surface area contributed by atoms with Crippen LogP contribution in [0.4, 0.5) is 11.5 Å². The van der Waals surface area contributed by atoms with Gasteiger partial charge in [0.25, 0.3) is 0 Å². The minimum absolute atomic E-state index is 0.227. The number of carbonyl (C=O) groups is 1. The number of aromatic nitrogens is 1. The molecular formula is C15H16N2O2. The summed E-state index contributed by atoms with van der Waals surface area (Å²) in [5.74, 6) is -0.407. The van der Waals surface area contributed by atoms with E-state index >= 15 is 0 Å². The van der Waals surface area contributed by atoms with Gasteiger partial charge in [0.15, 0.2) is 0 Å². The number of rotatable bonds is 5. The van der Waals surface area contributed by atoms with Crippen molar-refractivity contribution >= 4 is 17.5 Å². The van der Waals surface area contributed by atoms with Crippen molar-refractivity contribution < 1.29 is 9.90 Å². The van der Waals surface area contributed by atoms with Gasteiger partial charge in [0, 0.05) is 11.9 Å². The third-order valence-electron chi connectivity index (χ3n) is 2.81. The minimum atomic E-state index is -0.952. The van der Waals surface area contributed by atoms with E-state index < -0.39 is 5.97 Å². The lowest BCUT2D eigenvalue weighted by Gasteiger charge is -2.11. The Bertz CT molecular complexity index is 582. The molecule has 4 nitrogen and oxygen atoms in total. The van der Waals surface area contributed by atoms with Crippen molar-refractivity contribution in [3.05, 3.63) is 53.7 Å². The van der Waals surface area contributed by atoms with Gasteiger partial charge in [0.1, 0.15) is 5.82 Å². The first-order valence-electron chi connectivity index (χ1n) is 6.25. The van der Waals surface area contributed by atoms with Crippen LogP contribution in [0.3, 0.4) is 0 Å². The molecule has 2 rings (SSSR count). The lowest BCUT2D eigenvalue weighted by molar-refractivity contribution is 0.0697. The average molecular weight is 256 g/mol. The van der Waals surface area contributed by atoms with Gasteiger partial charge in [-0.3, -0.25) is 0 Å². The van der Waals surface area contributed by atoms with Crippen LogP contribution >= 0.6 is 0 Å². The number of pyridine rings is 1. The van der Waals surface area contributed by atoms with E-state index in [4.69, 9.17) is 5.11 Å². The second kappa shape index (κ2) is 6.00. The first-order valence-corrected chi connectivity index (χ1v) is 6.25. The maximum Gasteiger partial charge on any atom is 0.335 e. The highest BCUT2D eigenvalue weighted by molar-refractivity contribution is 5.88. The molecule has 0 aliphatic rings. The Morgan fingerprint density at radius 2 is 2.11 bits per heavy atom. The summed E-state index contributed by atoms with van der Waals surface area (Å²) in [5, 5.41) is 12.1. The molecule has 0 amide bonds. The van der Waals surface area contributed by atoms with Gasteiger partial charge in [0.05, 0.1) is 5.56 Å². The quantitative estimate of drug-likeness (QED) is 0.859. The fraction of sp³-hybridized carbons (Fsp3) is 0.200. The molecule has 0 atom stereocenters. The van der Waals surface area contributed by atoms with E-state index in [2.05, 4.69) is 23.3 Å². The van der Waals surface area contributed by atoms with Crippen LogP contribution in [0.25, 0.3) is 0 Å². The molecule has 19 heavy (non-hydrogen) atoms. The lowest BCUT2D eigenvalue weighted by Crippen LogP contribution is -2.01. The van der Waals surface area contributed by atoms with Gasteiger partial charge >= 0.3 is 5.97 Å². The van der Waals surface area contributed by atoms with Gasteiger partial charge in [-0.2, -0.15) is 0 Å². The second-order valence-electron chi connectivity index (χ2n) is 4.27. The van der Waals surface area contributed by atoms with E-state index in [-0.39, 0.29) is 5.56 Å². The van der Waals surface area contributed by atoms with Crippen LogP contribution in [0.5, 0.6) is 0 Å². The van der Waals surface area contributed by atoms with Crippen molar-refractivity contribution in [2.75, 3.05) is 5.32 Å². The molecule has 1 aromatic heterocycles. The molecule has 0 saturated heterocycles. The Hall–Kier alpha value is -2.36. The standard InChI is InChI=1S/C15H16N2O2/c1-2-5-11-6-3-4-7-13(11)17-14-10-12(15(18)19)8-9-16-14/h3-4,6-10H,2,5H2,1H3,(H,16,17)(H,18,19). The molecule has 4 heteroatoms. The number of benzene rings is 1. The maximum atomic E-state index is 10.9. The Morgan fingerprint density at radius 1 is 1.32 bits per heavy atom. The van der Waals surface area contributed by atoms with Crippen LogP contribution in [0, 0.1) is 0 Å². The van der Waals surface area contributed by atoms with Gasteiger partial charge in [-0.15, -0.1) is 0 Å². The zero-order chi connectivity index (χ0) is 13.7. The number of aromatic carboxylic acids is 1. The highest BCUT2D eigenvalue weighted by Crippen LogP contribution is 2.21. The Kier molecular flexibility index (Phi) is 4.13. The number of nitrogens with zero attached hydrogens (tertiary/aromatic N) is 1. The molecule has 0 spiro atoms. The molecule has 2 N–H and O–H groups in total. The summed E-state index contributed by atoms with van der Waals surface area (Å²) in [6.07, 6.45) is 3.53. The SMILES string of the molecule is CCCc1ccccc1Nc1cc(C(=O)O)ccn1. The average Bonchev–Trinajstić information content (AvgIpc) is 2.41. The molecule has 0 fully saturated rings. The molecule has 0 saturated carbocycles. The number of aryl methyl sites for hydroxylation is 1. The number of anilines is 2. The highest BCUT2D eigenvalue weighted by Gasteiger charge is 2.06. The van der Waals surface area contributed by atoms with E-state index in [1.54, 1.807) is 0 Å². The first-order chi connectivity index (χ1) is 9.20. The molecule has 0 bridgehead atoms. The van der Waals surface area contributed by atoms with Crippen molar-refractivity contribution in [1.82, 2.24) is 4.98 Å². The smallest absolute Gasteiger partial charge is 0.335 e. The summed E-state index contributed by atoms with van der Waals surface area (Å²) in [7, 11) is 0. The largest absolute Gasteiger partial charge is 0.478 e. The van der Waals surface area contributed by atoms with Gasteiger partial charge in [-0.25, -0.2) is 9.78 Å². The number of hydrogen-bond acceptors (Lipinski definition) is 3. The number of hydrogen-bond donors (Lipinski definition) is 2. The van der Waals surface area contributed by atoms with Crippen molar-refractivity contribution in [3.63, 3.8) is 0 Å². The summed E-state index contributed by atoms with van der Waals surface area (Å²) in [5.41, 5.74) is 2.40. The third kappa shape index (κ3) is 3.31. The van der Waals surface area contributed by atoms with Crippen molar-refractivity contribution in [2.45, 2.75) is 19.8 Å². The molecular weight excluding hydrogens is 240 g/mol. The zero-order valence-electron chi connectivity index (χ0n) is 10.8. The summed E-state index contributed by atoms with van der Waals surface area (Å²) in [6, 6.07) is 11.0. The fourth-order valence-electron chi connectivity index (χ4n) is 1.90. The van der Waals surface area contributed by atoms with E-state index in [1.165, 1.54) is 23.9 Å². The Morgan fingerprint density at radius 3 is 2.84 bits per heavy atom. The molecule has 1 heterocycles. The molecule has 1 aromatic carbocycles. The second-order valence-corrected chi connectivity index (χ2v) is 4.27. The van der Waals surface area contributed by atoms with Gasteiger partial charge in [-0.05, 0) is 30.2 Å². The van der Waals surface area contributed by atoms with Crippen LogP contribution in [0.15, 0.2) is 42.6 Å². The van der Waals surface area contributed by atoms with Crippen LogP contribution in [0.1, 0.15) is 29.3 Å². The number of carboxylic acid groups (broad SMARTS) is 1. The predicted octanol–water partition coefficient (Wildman–Crippen LogP) is 3.48. The molecule has 0 unspecified atom stereocenters. The van der Waals surface area contributed by atoms with E-state index in [9.17, 15) is 4.79 Å². The van der Waals surface area contributed by atoms with Gasteiger partial charge in [-0.1, -0.05) is 31.5 Å². The highest BCUT2D eigenvalue weighted by atomic mass is 16.4. The minimum Gasteiger partial charge on any atom is -0.478 e. The molecule has 0 aliphatic heterocycles. The van der Waals surface area contributed by atoms with Crippen molar-refractivity contribution in [3.8, 4) is 0 Å². The Balaban J connectivity index is 2.26. The molecule has 2 aromatic rings. The van der Waals surface area contributed by atoms with E-state index in [1.807, 2.05) is 18.2 Å². The van der Waals surface area contributed by atoms with Gasteiger partial charge in [0.2, 0.25) is 0 Å². The number of carboxylic acids is 1. The van der Waals surface area contributed by atoms with E-state index in [0.717, 1.165) is 18.5 Å². The van der Waals surface area contributed by atoms with Crippen LogP contribution < -0.4 is 5.32 Å². The summed E-state index contributed by atoms with van der Waals surface area (Å²) < 4.78 is 0. The maximum absolute atomic E-state index is 10.9. The number of para-hydroxylation sites is 1. The third-order valence-corrected chi connectivity index (χ3v) is 2.81. The van der Waals surface area contributed by atoms with Crippen LogP contribution in [-0.4, -0.2) is 16.1 Å². The van der Waals surface area contributed by atoms with Gasteiger partial charge < -0.3 is 10.4 Å². The topological polar surface area (TPSA) is 62.2 Å². The Labute approximate surface area is 112 Å². The van der Waals surface area contributed by atoms with Crippen LogP contribution in [0.2, 0.25) is 0 Å². The van der Waals surface area contributed by atoms with Crippen molar-refractivity contribution in [2.24, 2.45) is 0 Å². The zero-order valence-corrected chi connectivity index (χ0v) is 10.8. The lowest BCUT2D eigenvalue weighted by atomic mass is 10.1. The summed E-state index contributed by atoms with van der Waals surface area (Å²) >= 11 is 0. The molecule has 0 radical (unpaired) electrons. The summed E-state index contributed by atoms with van der Waals surface area (Å²) in [4.78, 5) is 15.1.